The van der Waals surface area contributed by atoms with E-state index in [0.717, 1.165) is 6.42 Å². The largest absolute Gasteiger partial charge is 0.389 e. The highest BCUT2D eigenvalue weighted by Crippen LogP contribution is 2.19. The third-order valence-corrected chi connectivity index (χ3v) is 2.45. The Balaban J connectivity index is 2.07. The number of unbranched alkanes of at least 4 members (excludes halogenated alkanes) is 3. The van der Waals surface area contributed by atoms with E-state index in [9.17, 15) is 5.11 Å². The normalized spacial score (nSPS) is 27.5. The molecule has 1 heteroatoms. The van der Waals surface area contributed by atoms with E-state index in [0.29, 0.717) is 5.92 Å². The summed E-state index contributed by atoms with van der Waals surface area (Å²) in [6, 6.07) is 0. The smallest absolute Gasteiger partial charge is 0.0729 e. The van der Waals surface area contributed by atoms with Crippen molar-refractivity contribution in [1.82, 2.24) is 0 Å². The van der Waals surface area contributed by atoms with Crippen LogP contribution in [0.1, 0.15) is 39.0 Å². The first-order chi connectivity index (χ1) is 6.33. The molecule has 1 nitrogen and oxygen atoms in total. The second-order valence-corrected chi connectivity index (χ2v) is 3.78. The molecular formula is C12H20O. The van der Waals surface area contributed by atoms with Crippen molar-refractivity contribution in [1.29, 1.82) is 0 Å². The zero-order valence-corrected chi connectivity index (χ0v) is 8.45. The zero-order valence-electron chi connectivity index (χ0n) is 8.45. The molecule has 0 saturated carbocycles. The van der Waals surface area contributed by atoms with Gasteiger partial charge in [-0.2, -0.15) is 0 Å². The van der Waals surface area contributed by atoms with Crippen LogP contribution in [0.4, 0.5) is 0 Å². The van der Waals surface area contributed by atoms with Gasteiger partial charge in [-0.1, -0.05) is 44.1 Å². The summed E-state index contributed by atoms with van der Waals surface area (Å²) in [5.74, 6) is 0.483. The molecule has 2 unspecified atom stereocenters. The summed E-state index contributed by atoms with van der Waals surface area (Å²) in [6.07, 6.45) is 14.2. The Morgan fingerprint density at radius 1 is 1.38 bits per heavy atom. The molecule has 1 rings (SSSR count). The monoisotopic (exact) mass is 180 g/mol. The van der Waals surface area contributed by atoms with E-state index in [-0.39, 0.29) is 6.10 Å². The molecule has 0 bridgehead atoms. The van der Waals surface area contributed by atoms with E-state index in [1.165, 1.54) is 25.7 Å². The van der Waals surface area contributed by atoms with E-state index in [2.05, 4.69) is 25.2 Å². The Hall–Kier alpha value is -0.560. The van der Waals surface area contributed by atoms with Gasteiger partial charge >= 0.3 is 0 Å². The minimum absolute atomic E-state index is 0.203. The molecule has 1 aliphatic carbocycles. The Morgan fingerprint density at radius 2 is 2.23 bits per heavy atom. The molecule has 0 aromatic heterocycles. The molecule has 74 valence electrons. The standard InChI is InChI=1S/C12H20O/c1-2-3-4-5-6-7-11-8-9-12(13)10-11/h6-9,11-13H,2-5,10H2,1H3/b7-6-. The highest BCUT2D eigenvalue weighted by atomic mass is 16.3. The summed E-state index contributed by atoms with van der Waals surface area (Å²) in [7, 11) is 0. The van der Waals surface area contributed by atoms with Crippen molar-refractivity contribution in [3.63, 3.8) is 0 Å². The topological polar surface area (TPSA) is 20.2 Å². The molecule has 0 radical (unpaired) electrons. The van der Waals surface area contributed by atoms with Crippen LogP contribution < -0.4 is 0 Å². The van der Waals surface area contributed by atoms with Crippen molar-refractivity contribution in [3.8, 4) is 0 Å². The van der Waals surface area contributed by atoms with Crippen molar-refractivity contribution >= 4 is 0 Å². The third-order valence-electron chi connectivity index (χ3n) is 2.45. The molecule has 0 aromatic rings. The van der Waals surface area contributed by atoms with Crippen LogP contribution in [0.5, 0.6) is 0 Å². The van der Waals surface area contributed by atoms with Crippen molar-refractivity contribution < 1.29 is 5.11 Å². The first-order valence-electron chi connectivity index (χ1n) is 5.36. The maximum Gasteiger partial charge on any atom is 0.0729 e. The van der Waals surface area contributed by atoms with E-state index in [1.54, 1.807) is 0 Å². The second kappa shape index (κ2) is 5.98. The molecule has 0 aromatic carbocycles. The lowest BCUT2D eigenvalue weighted by Gasteiger charge is -2.01. The Labute approximate surface area is 81.2 Å². The van der Waals surface area contributed by atoms with Crippen molar-refractivity contribution in [2.45, 2.75) is 45.1 Å². The Bertz CT molecular complexity index is 182. The number of aliphatic hydroxyl groups excluding tert-OH is 1. The fourth-order valence-electron chi connectivity index (χ4n) is 1.63. The summed E-state index contributed by atoms with van der Waals surface area (Å²) in [5, 5.41) is 9.22. The van der Waals surface area contributed by atoms with E-state index < -0.39 is 0 Å². The summed E-state index contributed by atoms with van der Waals surface area (Å²) < 4.78 is 0. The van der Waals surface area contributed by atoms with Gasteiger partial charge in [0.2, 0.25) is 0 Å². The van der Waals surface area contributed by atoms with Gasteiger partial charge in [-0.3, -0.25) is 0 Å². The van der Waals surface area contributed by atoms with Crippen molar-refractivity contribution in [3.05, 3.63) is 24.3 Å². The average molecular weight is 180 g/mol. The summed E-state index contributed by atoms with van der Waals surface area (Å²) in [5.41, 5.74) is 0. The molecule has 0 spiro atoms. The lowest BCUT2D eigenvalue weighted by atomic mass is 10.1. The average Bonchev–Trinajstić information content (AvgIpc) is 2.51. The van der Waals surface area contributed by atoms with Crippen molar-refractivity contribution in [2.75, 3.05) is 0 Å². The van der Waals surface area contributed by atoms with Crippen molar-refractivity contribution in [2.24, 2.45) is 5.92 Å². The zero-order chi connectivity index (χ0) is 9.52. The maximum absolute atomic E-state index is 9.22. The molecule has 0 fully saturated rings. The molecule has 0 saturated heterocycles. The third kappa shape index (κ3) is 4.28. The Kier molecular flexibility index (Phi) is 4.84. The van der Waals surface area contributed by atoms with Gasteiger partial charge in [0.05, 0.1) is 6.10 Å². The fourth-order valence-corrected chi connectivity index (χ4v) is 1.63. The number of rotatable bonds is 5. The van der Waals surface area contributed by atoms with Crippen LogP contribution in [-0.2, 0) is 0 Å². The van der Waals surface area contributed by atoms with Crippen LogP contribution in [0.2, 0.25) is 0 Å². The number of hydrogen-bond donors (Lipinski definition) is 1. The van der Waals surface area contributed by atoms with Crippen LogP contribution in [0.3, 0.4) is 0 Å². The Morgan fingerprint density at radius 3 is 2.85 bits per heavy atom. The minimum Gasteiger partial charge on any atom is -0.389 e. The lowest BCUT2D eigenvalue weighted by Crippen LogP contribution is -1.99. The van der Waals surface area contributed by atoms with Crippen LogP contribution in [-0.4, -0.2) is 11.2 Å². The van der Waals surface area contributed by atoms with Gasteiger partial charge in [0, 0.05) is 0 Å². The van der Waals surface area contributed by atoms with Gasteiger partial charge in [-0.15, -0.1) is 0 Å². The van der Waals surface area contributed by atoms with Gasteiger partial charge < -0.3 is 5.11 Å². The molecule has 13 heavy (non-hydrogen) atoms. The summed E-state index contributed by atoms with van der Waals surface area (Å²) >= 11 is 0. The first-order valence-corrected chi connectivity index (χ1v) is 5.36. The summed E-state index contributed by atoms with van der Waals surface area (Å²) in [6.45, 7) is 2.22. The maximum atomic E-state index is 9.22. The van der Waals surface area contributed by atoms with Gasteiger partial charge in [0.25, 0.3) is 0 Å². The predicted octanol–water partition coefficient (Wildman–Crippen LogP) is 3.06. The van der Waals surface area contributed by atoms with Gasteiger partial charge in [0.15, 0.2) is 0 Å². The molecule has 1 N–H and O–H groups in total. The quantitative estimate of drug-likeness (QED) is 0.509. The highest BCUT2D eigenvalue weighted by molar-refractivity contribution is 5.09. The van der Waals surface area contributed by atoms with Gasteiger partial charge in [-0.05, 0) is 25.2 Å². The molecule has 1 aliphatic rings. The molecular weight excluding hydrogens is 160 g/mol. The van der Waals surface area contributed by atoms with E-state index >= 15 is 0 Å². The van der Waals surface area contributed by atoms with Gasteiger partial charge in [-0.25, -0.2) is 0 Å². The van der Waals surface area contributed by atoms with Crippen LogP contribution >= 0.6 is 0 Å². The number of allylic oxidation sites excluding steroid dienone is 3. The molecule has 0 heterocycles. The second-order valence-electron chi connectivity index (χ2n) is 3.78. The summed E-state index contributed by atoms with van der Waals surface area (Å²) in [4.78, 5) is 0. The lowest BCUT2D eigenvalue weighted by molar-refractivity contribution is 0.216. The molecule has 2 atom stereocenters. The van der Waals surface area contributed by atoms with E-state index in [1.807, 2.05) is 6.08 Å². The van der Waals surface area contributed by atoms with Crippen LogP contribution in [0.15, 0.2) is 24.3 Å². The molecule has 0 aliphatic heterocycles. The number of hydrogen-bond acceptors (Lipinski definition) is 1. The predicted molar refractivity (Wildman–Crippen MR) is 56.5 cm³/mol. The minimum atomic E-state index is -0.203. The highest BCUT2D eigenvalue weighted by Gasteiger charge is 2.12. The number of aliphatic hydroxyl groups is 1. The SMILES string of the molecule is CCCCC/C=C\C1C=CC(O)C1. The van der Waals surface area contributed by atoms with E-state index in [4.69, 9.17) is 0 Å². The fraction of sp³-hybridized carbons (Fsp3) is 0.667. The first kappa shape index (κ1) is 10.5. The molecule has 0 amide bonds. The van der Waals surface area contributed by atoms with Crippen LogP contribution in [0, 0.1) is 5.92 Å². The van der Waals surface area contributed by atoms with Gasteiger partial charge in [0.1, 0.15) is 0 Å². The van der Waals surface area contributed by atoms with Crippen LogP contribution in [0.25, 0.3) is 0 Å².